The molecule has 0 fully saturated rings. The lowest BCUT2D eigenvalue weighted by molar-refractivity contribution is 0.583. The van der Waals surface area contributed by atoms with E-state index >= 15 is 0 Å². The Morgan fingerprint density at radius 3 is 2.82 bits per heavy atom. The molecule has 0 saturated carbocycles. The first kappa shape index (κ1) is 7.71. The van der Waals surface area contributed by atoms with Gasteiger partial charge in [-0.2, -0.15) is 4.80 Å². The average molecular weight is 153 g/mol. The molecule has 0 radical (unpaired) electrons. The monoisotopic (exact) mass is 153 g/mol. The van der Waals surface area contributed by atoms with Crippen molar-refractivity contribution in [3.63, 3.8) is 0 Å². The second-order valence-corrected chi connectivity index (χ2v) is 2.33. The number of hydrogen-bond acceptors (Lipinski definition) is 4. The van der Waals surface area contributed by atoms with Gasteiger partial charge >= 0.3 is 0 Å². The molecule has 1 rings (SSSR count). The molecular weight excluding hydrogens is 142 g/mol. The lowest BCUT2D eigenvalue weighted by atomic mass is 10.7. The van der Waals surface area contributed by atoms with Crippen LogP contribution in [-0.2, 0) is 6.54 Å². The molecule has 0 amide bonds. The largest absolute Gasteiger partial charge is 0.344 e. The number of aromatic nitrogens is 4. The van der Waals surface area contributed by atoms with E-state index in [1.165, 1.54) is 4.80 Å². The summed E-state index contributed by atoms with van der Waals surface area (Å²) in [4.78, 5) is 3.29. The first-order valence-corrected chi connectivity index (χ1v) is 3.30. The Morgan fingerprint density at radius 2 is 2.36 bits per heavy atom. The minimum atomic E-state index is 0.598. The molecule has 0 saturated heterocycles. The van der Waals surface area contributed by atoms with Crippen LogP contribution < -0.4 is 4.90 Å². The number of allylic oxidation sites excluding steroid dienone is 1. The van der Waals surface area contributed by atoms with E-state index in [0.717, 1.165) is 0 Å². The zero-order valence-electron chi connectivity index (χ0n) is 6.73. The van der Waals surface area contributed by atoms with Gasteiger partial charge in [-0.3, -0.25) is 0 Å². The first-order valence-electron chi connectivity index (χ1n) is 3.30. The lowest BCUT2D eigenvalue weighted by Crippen LogP contribution is -2.11. The summed E-state index contributed by atoms with van der Waals surface area (Å²) < 4.78 is 0. The molecule has 0 unspecified atom stereocenters. The van der Waals surface area contributed by atoms with Crippen LogP contribution in [0.25, 0.3) is 0 Å². The van der Waals surface area contributed by atoms with E-state index in [2.05, 4.69) is 22.0 Å². The van der Waals surface area contributed by atoms with E-state index in [-0.39, 0.29) is 0 Å². The van der Waals surface area contributed by atoms with Crippen LogP contribution in [0.1, 0.15) is 0 Å². The van der Waals surface area contributed by atoms with Crippen LogP contribution in [0.15, 0.2) is 12.7 Å². The maximum absolute atomic E-state index is 4.05. The molecule has 0 aromatic carbocycles. The third-order valence-corrected chi connectivity index (χ3v) is 1.13. The van der Waals surface area contributed by atoms with Gasteiger partial charge in [-0.05, 0) is 5.21 Å². The van der Waals surface area contributed by atoms with Gasteiger partial charge in [0.05, 0.1) is 6.54 Å². The van der Waals surface area contributed by atoms with Crippen molar-refractivity contribution in [1.82, 2.24) is 20.2 Å². The van der Waals surface area contributed by atoms with Crippen LogP contribution >= 0.6 is 0 Å². The minimum absolute atomic E-state index is 0.598. The summed E-state index contributed by atoms with van der Waals surface area (Å²) in [6.45, 7) is 4.17. The van der Waals surface area contributed by atoms with E-state index < -0.39 is 0 Å². The van der Waals surface area contributed by atoms with Crippen molar-refractivity contribution in [2.75, 3.05) is 19.0 Å². The zero-order valence-corrected chi connectivity index (χ0v) is 6.73. The lowest BCUT2D eigenvalue weighted by Gasteiger charge is -2.02. The standard InChI is InChI=1S/C6H11N5/c1-4-5-11-8-6(7-9-11)10(2)3/h4H,1,5H2,2-3H3. The van der Waals surface area contributed by atoms with Crippen LogP contribution in [0, 0.1) is 0 Å². The first-order chi connectivity index (χ1) is 5.24. The number of rotatable bonds is 3. The van der Waals surface area contributed by atoms with Gasteiger partial charge in [-0.1, -0.05) is 11.2 Å². The quantitative estimate of drug-likeness (QED) is 0.570. The van der Waals surface area contributed by atoms with Crippen LogP contribution in [-0.4, -0.2) is 34.3 Å². The van der Waals surface area contributed by atoms with Crippen molar-refractivity contribution in [2.45, 2.75) is 6.54 Å². The molecule has 1 aromatic heterocycles. The summed E-state index contributed by atoms with van der Waals surface area (Å²) in [5, 5.41) is 11.6. The summed E-state index contributed by atoms with van der Waals surface area (Å²) in [5.74, 6) is 0.617. The molecule has 0 atom stereocenters. The van der Waals surface area contributed by atoms with Gasteiger partial charge in [0, 0.05) is 14.1 Å². The minimum Gasteiger partial charge on any atom is -0.344 e. The highest BCUT2D eigenvalue weighted by Crippen LogP contribution is 1.96. The third-order valence-electron chi connectivity index (χ3n) is 1.13. The van der Waals surface area contributed by atoms with Crippen molar-refractivity contribution < 1.29 is 0 Å². The molecular formula is C6H11N5. The predicted molar refractivity (Wildman–Crippen MR) is 42.3 cm³/mol. The van der Waals surface area contributed by atoms with Gasteiger partial charge in [-0.15, -0.1) is 11.7 Å². The molecule has 5 nitrogen and oxygen atoms in total. The van der Waals surface area contributed by atoms with Crippen molar-refractivity contribution >= 4 is 5.95 Å². The fourth-order valence-corrected chi connectivity index (χ4v) is 0.607. The molecule has 1 heterocycles. The Bertz CT molecular complexity index is 239. The molecule has 0 aliphatic rings. The van der Waals surface area contributed by atoms with E-state index in [4.69, 9.17) is 0 Å². The van der Waals surface area contributed by atoms with Gasteiger partial charge < -0.3 is 4.90 Å². The molecule has 0 N–H and O–H groups in total. The summed E-state index contributed by atoms with van der Waals surface area (Å²) in [6.07, 6.45) is 1.72. The Balaban J connectivity index is 2.73. The van der Waals surface area contributed by atoms with Gasteiger partial charge in [-0.25, -0.2) is 0 Å². The second kappa shape index (κ2) is 3.14. The van der Waals surface area contributed by atoms with Crippen molar-refractivity contribution in [3.05, 3.63) is 12.7 Å². The molecule has 0 bridgehead atoms. The van der Waals surface area contributed by atoms with Crippen LogP contribution in [0.3, 0.4) is 0 Å². The molecule has 5 heteroatoms. The average Bonchev–Trinajstić information content (AvgIpc) is 2.37. The summed E-state index contributed by atoms with van der Waals surface area (Å²) in [7, 11) is 3.74. The number of tetrazole rings is 1. The predicted octanol–water partition coefficient (Wildman–Crippen LogP) is -0.0749. The molecule has 0 spiro atoms. The normalized spacial score (nSPS) is 9.64. The number of hydrogen-bond donors (Lipinski definition) is 0. The van der Waals surface area contributed by atoms with E-state index in [1.54, 1.807) is 11.0 Å². The van der Waals surface area contributed by atoms with E-state index in [1.807, 2.05) is 14.1 Å². The highest BCUT2D eigenvalue weighted by molar-refractivity contribution is 5.21. The summed E-state index contributed by atoms with van der Waals surface area (Å²) in [5.41, 5.74) is 0. The second-order valence-electron chi connectivity index (χ2n) is 2.33. The topological polar surface area (TPSA) is 46.8 Å². The third kappa shape index (κ3) is 1.76. The maximum atomic E-state index is 4.05. The van der Waals surface area contributed by atoms with Crippen molar-refractivity contribution in [2.24, 2.45) is 0 Å². The van der Waals surface area contributed by atoms with Crippen molar-refractivity contribution in [1.29, 1.82) is 0 Å². The summed E-state index contributed by atoms with van der Waals surface area (Å²) >= 11 is 0. The maximum Gasteiger partial charge on any atom is 0.265 e. The van der Waals surface area contributed by atoms with Crippen LogP contribution in [0.5, 0.6) is 0 Å². The Kier molecular flexibility index (Phi) is 2.20. The molecule has 0 aliphatic heterocycles. The highest BCUT2D eigenvalue weighted by Gasteiger charge is 2.01. The number of nitrogens with zero attached hydrogens (tertiary/aromatic N) is 5. The highest BCUT2D eigenvalue weighted by atomic mass is 15.6. The van der Waals surface area contributed by atoms with Gasteiger partial charge in [0.15, 0.2) is 0 Å². The molecule has 11 heavy (non-hydrogen) atoms. The van der Waals surface area contributed by atoms with Gasteiger partial charge in [0.1, 0.15) is 0 Å². The summed E-state index contributed by atoms with van der Waals surface area (Å²) in [6, 6.07) is 0. The van der Waals surface area contributed by atoms with Gasteiger partial charge in [0.2, 0.25) is 0 Å². The molecule has 1 aromatic rings. The van der Waals surface area contributed by atoms with Crippen molar-refractivity contribution in [3.8, 4) is 0 Å². The Labute approximate surface area is 65.3 Å². The van der Waals surface area contributed by atoms with E-state index in [0.29, 0.717) is 12.5 Å². The van der Waals surface area contributed by atoms with Crippen LogP contribution in [0.2, 0.25) is 0 Å². The number of anilines is 1. The fourth-order valence-electron chi connectivity index (χ4n) is 0.607. The van der Waals surface area contributed by atoms with E-state index in [9.17, 15) is 0 Å². The molecule has 60 valence electrons. The Hall–Kier alpha value is -1.39. The fraction of sp³-hybridized carbons (Fsp3) is 0.500. The van der Waals surface area contributed by atoms with Crippen LogP contribution in [0.4, 0.5) is 5.95 Å². The Morgan fingerprint density at radius 1 is 1.64 bits per heavy atom. The zero-order chi connectivity index (χ0) is 8.27. The SMILES string of the molecule is C=CCn1nnc(N(C)C)n1. The molecule has 0 aliphatic carbocycles. The smallest absolute Gasteiger partial charge is 0.265 e. The van der Waals surface area contributed by atoms with Gasteiger partial charge in [0.25, 0.3) is 5.95 Å².